The van der Waals surface area contributed by atoms with Crippen molar-refractivity contribution in [2.75, 3.05) is 10.0 Å². The SMILES string of the molecule is Cc1ccc(SCc2ccc(C(=O)Nc3ccc(S(=O)(=O)Nc4ccc(Cl)cc4Cl)cc3)cc2)cc1. The Morgan fingerprint density at radius 2 is 1.53 bits per heavy atom. The molecule has 0 radical (unpaired) electrons. The molecule has 0 heterocycles. The minimum Gasteiger partial charge on any atom is -0.322 e. The molecule has 0 spiro atoms. The van der Waals surface area contributed by atoms with Gasteiger partial charge in [-0.15, -0.1) is 11.8 Å². The standard InChI is InChI=1S/C27H22Cl2N2O3S2/c1-18-2-11-23(12-3-18)35-17-19-4-6-20(7-5-19)27(32)30-22-9-13-24(14-10-22)36(33,34)31-26-15-8-21(28)16-25(26)29/h2-16,31H,17H2,1H3,(H,30,32). The van der Waals surface area contributed by atoms with E-state index in [1.54, 1.807) is 30.0 Å². The molecule has 0 unspecified atom stereocenters. The van der Waals surface area contributed by atoms with Crippen molar-refractivity contribution in [3.05, 3.63) is 118 Å². The third-order valence-electron chi connectivity index (χ3n) is 5.24. The van der Waals surface area contributed by atoms with Crippen LogP contribution in [0.15, 0.2) is 101 Å². The number of hydrogen-bond donors (Lipinski definition) is 2. The first-order valence-electron chi connectivity index (χ1n) is 10.9. The number of thioether (sulfide) groups is 1. The van der Waals surface area contributed by atoms with E-state index >= 15 is 0 Å². The van der Waals surface area contributed by atoms with Crippen LogP contribution in [0.4, 0.5) is 11.4 Å². The zero-order chi connectivity index (χ0) is 25.7. The summed E-state index contributed by atoms with van der Waals surface area (Å²) < 4.78 is 27.8. The van der Waals surface area contributed by atoms with E-state index in [0.717, 1.165) is 11.3 Å². The van der Waals surface area contributed by atoms with Crippen LogP contribution in [-0.2, 0) is 15.8 Å². The number of hydrogen-bond acceptors (Lipinski definition) is 4. The van der Waals surface area contributed by atoms with Gasteiger partial charge in [0.2, 0.25) is 0 Å². The largest absolute Gasteiger partial charge is 0.322 e. The van der Waals surface area contributed by atoms with Gasteiger partial charge in [0.15, 0.2) is 0 Å². The lowest BCUT2D eigenvalue weighted by molar-refractivity contribution is 0.102. The second-order valence-corrected chi connectivity index (χ2v) is 11.6. The van der Waals surface area contributed by atoms with Crippen LogP contribution in [0.2, 0.25) is 10.0 Å². The maximum absolute atomic E-state index is 12.7. The van der Waals surface area contributed by atoms with Crippen LogP contribution in [0.5, 0.6) is 0 Å². The summed E-state index contributed by atoms with van der Waals surface area (Å²) in [4.78, 5) is 13.9. The van der Waals surface area contributed by atoms with Gasteiger partial charge in [-0.1, -0.05) is 53.0 Å². The first kappa shape index (κ1) is 26.1. The van der Waals surface area contributed by atoms with Crippen molar-refractivity contribution in [1.29, 1.82) is 0 Å². The average Bonchev–Trinajstić information content (AvgIpc) is 2.86. The number of anilines is 2. The molecule has 9 heteroatoms. The molecule has 0 saturated heterocycles. The highest BCUT2D eigenvalue weighted by Crippen LogP contribution is 2.28. The minimum atomic E-state index is -3.87. The number of rotatable bonds is 8. The molecule has 5 nitrogen and oxygen atoms in total. The summed E-state index contributed by atoms with van der Waals surface area (Å²) in [5.41, 5.74) is 3.54. The maximum Gasteiger partial charge on any atom is 0.261 e. The second-order valence-electron chi connectivity index (χ2n) is 8.01. The zero-order valence-corrected chi connectivity index (χ0v) is 22.3. The van der Waals surface area contributed by atoms with Crippen molar-refractivity contribution >= 4 is 62.3 Å². The third-order valence-corrected chi connectivity index (χ3v) is 8.25. The average molecular weight is 558 g/mol. The number of nitrogens with one attached hydrogen (secondary N) is 2. The summed E-state index contributed by atoms with van der Waals surface area (Å²) in [7, 11) is -3.87. The predicted octanol–water partition coefficient (Wildman–Crippen LogP) is 7.65. The Morgan fingerprint density at radius 1 is 0.861 bits per heavy atom. The summed E-state index contributed by atoms with van der Waals surface area (Å²) in [6.45, 7) is 2.06. The third kappa shape index (κ3) is 6.83. The molecule has 2 N–H and O–H groups in total. The van der Waals surface area contributed by atoms with Crippen molar-refractivity contribution in [2.45, 2.75) is 22.5 Å². The molecule has 0 bridgehead atoms. The molecule has 4 aromatic carbocycles. The molecule has 0 aliphatic carbocycles. The fourth-order valence-corrected chi connectivity index (χ4v) is 5.70. The van der Waals surface area contributed by atoms with Crippen molar-refractivity contribution in [2.24, 2.45) is 0 Å². The fraction of sp³-hybridized carbons (Fsp3) is 0.0741. The van der Waals surface area contributed by atoms with Crippen LogP contribution in [0.3, 0.4) is 0 Å². The summed E-state index contributed by atoms with van der Waals surface area (Å²) in [5.74, 6) is 0.519. The Kier molecular flexibility index (Phi) is 8.26. The lowest BCUT2D eigenvalue weighted by atomic mass is 10.1. The van der Waals surface area contributed by atoms with Crippen molar-refractivity contribution < 1.29 is 13.2 Å². The van der Waals surface area contributed by atoms with Crippen LogP contribution in [0.25, 0.3) is 0 Å². The van der Waals surface area contributed by atoms with E-state index in [1.807, 2.05) is 12.1 Å². The monoisotopic (exact) mass is 556 g/mol. The highest BCUT2D eigenvalue weighted by Gasteiger charge is 2.16. The van der Waals surface area contributed by atoms with Gasteiger partial charge in [-0.05, 0) is 79.2 Å². The second kappa shape index (κ2) is 11.4. The van der Waals surface area contributed by atoms with Crippen LogP contribution >= 0.6 is 35.0 Å². The number of benzene rings is 4. The van der Waals surface area contributed by atoms with Gasteiger partial charge in [0, 0.05) is 26.9 Å². The van der Waals surface area contributed by atoms with Gasteiger partial charge in [-0.2, -0.15) is 0 Å². The van der Waals surface area contributed by atoms with Gasteiger partial charge in [0.1, 0.15) is 0 Å². The van der Waals surface area contributed by atoms with Crippen LogP contribution in [-0.4, -0.2) is 14.3 Å². The number of aryl methyl sites for hydroxylation is 1. The summed E-state index contributed by atoms with van der Waals surface area (Å²) in [6, 6.07) is 26.1. The molecule has 0 atom stereocenters. The molecule has 0 saturated carbocycles. The predicted molar refractivity (Wildman–Crippen MR) is 149 cm³/mol. The molecule has 0 fully saturated rings. The topological polar surface area (TPSA) is 75.3 Å². The number of sulfonamides is 1. The highest BCUT2D eigenvalue weighted by atomic mass is 35.5. The quantitative estimate of drug-likeness (QED) is 0.218. The molecule has 184 valence electrons. The van der Waals surface area contributed by atoms with E-state index in [-0.39, 0.29) is 21.5 Å². The molecule has 36 heavy (non-hydrogen) atoms. The van der Waals surface area contributed by atoms with Crippen molar-refractivity contribution in [1.82, 2.24) is 0 Å². The van der Waals surface area contributed by atoms with E-state index in [0.29, 0.717) is 16.3 Å². The highest BCUT2D eigenvalue weighted by molar-refractivity contribution is 7.98. The van der Waals surface area contributed by atoms with E-state index in [9.17, 15) is 13.2 Å². The lowest BCUT2D eigenvalue weighted by Gasteiger charge is -2.11. The van der Waals surface area contributed by atoms with Crippen LogP contribution in [0.1, 0.15) is 21.5 Å². The number of halogens is 2. The van der Waals surface area contributed by atoms with Gasteiger partial charge in [0.05, 0.1) is 15.6 Å². The molecule has 0 aliphatic heterocycles. The Bertz CT molecular complexity index is 1470. The van der Waals surface area contributed by atoms with Gasteiger partial charge >= 0.3 is 0 Å². The molecular formula is C27H22Cl2N2O3S2. The Labute approximate surface area is 224 Å². The van der Waals surface area contributed by atoms with E-state index in [1.165, 1.54) is 46.9 Å². The van der Waals surface area contributed by atoms with E-state index in [2.05, 4.69) is 41.2 Å². The van der Waals surface area contributed by atoms with Crippen molar-refractivity contribution in [3.8, 4) is 0 Å². The number of amides is 1. The Morgan fingerprint density at radius 3 is 2.17 bits per heavy atom. The molecular weight excluding hydrogens is 535 g/mol. The summed E-state index contributed by atoms with van der Waals surface area (Å²) in [5, 5.41) is 3.38. The molecule has 1 amide bonds. The fourth-order valence-electron chi connectivity index (χ4n) is 3.25. The molecule has 0 aliphatic rings. The van der Waals surface area contributed by atoms with E-state index in [4.69, 9.17) is 23.2 Å². The van der Waals surface area contributed by atoms with Crippen molar-refractivity contribution in [3.63, 3.8) is 0 Å². The van der Waals surface area contributed by atoms with Crippen LogP contribution < -0.4 is 10.0 Å². The van der Waals surface area contributed by atoms with Gasteiger partial charge < -0.3 is 5.32 Å². The molecule has 0 aromatic heterocycles. The van der Waals surface area contributed by atoms with Gasteiger partial charge in [0.25, 0.3) is 15.9 Å². The first-order chi connectivity index (χ1) is 17.2. The Balaban J connectivity index is 1.35. The molecule has 4 aromatic rings. The summed E-state index contributed by atoms with van der Waals surface area (Å²) >= 11 is 13.7. The summed E-state index contributed by atoms with van der Waals surface area (Å²) in [6.07, 6.45) is 0. The lowest BCUT2D eigenvalue weighted by Crippen LogP contribution is -2.14. The normalized spacial score (nSPS) is 11.2. The zero-order valence-electron chi connectivity index (χ0n) is 19.2. The first-order valence-corrected chi connectivity index (χ1v) is 14.1. The Hall–Kier alpha value is -2.97. The maximum atomic E-state index is 12.7. The smallest absolute Gasteiger partial charge is 0.261 e. The van der Waals surface area contributed by atoms with Gasteiger partial charge in [-0.25, -0.2) is 8.42 Å². The van der Waals surface area contributed by atoms with Crippen LogP contribution in [0, 0.1) is 6.92 Å². The van der Waals surface area contributed by atoms with Gasteiger partial charge in [-0.3, -0.25) is 9.52 Å². The number of carbonyl (C=O) groups excluding carboxylic acids is 1. The van der Waals surface area contributed by atoms with E-state index < -0.39 is 10.0 Å². The molecule has 4 rings (SSSR count). The minimum absolute atomic E-state index is 0.0296. The number of carbonyl (C=O) groups is 1.